The lowest BCUT2D eigenvalue weighted by Gasteiger charge is -2.15. The minimum atomic E-state index is -0.539. The van der Waals surface area contributed by atoms with Crippen LogP contribution in [0.5, 0.6) is 0 Å². The minimum Gasteiger partial charge on any atom is -0.350 e. The highest BCUT2D eigenvalue weighted by molar-refractivity contribution is 5.76. The number of aryl methyl sites for hydroxylation is 1. The Bertz CT molecular complexity index is 1070. The molecule has 3 aromatic rings. The smallest absolute Gasteiger partial charge is 0.325 e. The number of nitrogens with one attached hydrogen (secondary N) is 3. The third kappa shape index (κ3) is 4.65. The van der Waals surface area contributed by atoms with E-state index < -0.39 is 11.2 Å². The van der Waals surface area contributed by atoms with Gasteiger partial charge in [-0.2, -0.15) is 0 Å². The van der Waals surface area contributed by atoms with Crippen molar-refractivity contribution in [2.75, 3.05) is 0 Å². The summed E-state index contributed by atoms with van der Waals surface area (Å²) >= 11 is 0. The molecular formula is C22H23N3O3. The summed E-state index contributed by atoms with van der Waals surface area (Å²) in [6, 6.07) is 18.0. The molecule has 0 bridgehead atoms. The zero-order chi connectivity index (χ0) is 20.1. The molecule has 0 saturated carbocycles. The number of carbonyl (C=O) groups excluding carboxylic acids is 1. The monoisotopic (exact) mass is 377 g/mol. The SMILES string of the molecule is Cc1[nH]c(=O)[nH]c(=O)c1CCC(=O)N[C@H](C)c1ccc(-c2ccccc2)cc1. The topological polar surface area (TPSA) is 94.8 Å². The number of carbonyl (C=O) groups is 1. The summed E-state index contributed by atoms with van der Waals surface area (Å²) in [5.74, 6) is -0.148. The first-order chi connectivity index (χ1) is 13.4. The van der Waals surface area contributed by atoms with Crippen LogP contribution in [0.15, 0.2) is 64.2 Å². The van der Waals surface area contributed by atoms with Crippen molar-refractivity contribution >= 4 is 5.91 Å². The van der Waals surface area contributed by atoms with Crippen LogP contribution in [-0.4, -0.2) is 15.9 Å². The van der Waals surface area contributed by atoms with Crippen LogP contribution in [0.4, 0.5) is 0 Å². The van der Waals surface area contributed by atoms with Crippen LogP contribution >= 0.6 is 0 Å². The van der Waals surface area contributed by atoms with E-state index in [2.05, 4.69) is 27.4 Å². The normalized spacial score (nSPS) is 11.8. The van der Waals surface area contributed by atoms with Crippen LogP contribution < -0.4 is 16.6 Å². The molecule has 0 aliphatic heterocycles. The molecule has 0 aliphatic rings. The highest BCUT2D eigenvalue weighted by atomic mass is 16.2. The van der Waals surface area contributed by atoms with Crippen molar-refractivity contribution < 1.29 is 4.79 Å². The maximum absolute atomic E-state index is 12.3. The molecule has 0 aliphatic carbocycles. The molecule has 1 atom stereocenters. The largest absolute Gasteiger partial charge is 0.350 e. The first-order valence-corrected chi connectivity index (χ1v) is 9.21. The Balaban J connectivity index is 1.60. The summed E-state index contributed by atoms with van der Waals surface area (Å²) in [6.07, 6.45) is 0.436. The molecule has 1 aromatic heterocycles. The van der Waals surface area contributed by atoms with Crippen LogP contribution in [0.25, 0.3) is 11.1 Å². The van der Waals surface area contributed by atoms with Crippen molar-refractivity contribution in [2.24, 2.45) is 0 Å². The van der Waals surface area contributed by atoms with Crippen LogP contribution in [0.2, 0.25) is 0 Å². The Hall–Kier alpha value is -3.41. The van der Waals surface area contributed by atoms with E-state index in [9.17, 15) is 14.4 Å². The molecule has 0 spiro atoms. The molecule has 0 unspecified atom stereocenters. The zero-order valence-corrected chi connectivity index (χ0v) is 15.9. The van der Waals surface area contributed by atoms with Crippen molar-refractivity contribution in [3.05, 3.63) is 92.3 Å². The highest BCUT2D eigenvalue weighted by Gasteiger charge is 2.12. The lowest BCUT2D eigenvalue weighted by atomic mass is 10.0. The molecule has 0 radical (unpaired) electrons. The molecule has 0 fully saturated rings. The third-order valence-corrected chi connectivity index (χ3v) is 4.75. The molecule has 0 saturated heterocycles. The van der Waals surface area contributed by atoms with E-state index in [0.717, 1.165) is 16.7 Å². The molecule has 6 nitrogen and oxygen atoms in total. The van der Waals surface area contributed by atoms with E-state index >= 15 is 0 Å². The number of hydrogen-bond acceptors (Lipinski definition) is 3. The Kier molecular flexibility index (Phi) is 5.89. The van der Waals surface area contributed by atoms with Crippen molar-refractivity contribution in [1.82, 2.24) is 15.3 Å². The maximum atomic E-state index is 12.3. The van der Waals surface area contributed by atoms with Gasteiger partial charge in [0.05, 0.1) is 6.04 Å². The predicted molar refractivity (Wildman–Crippen MR) is 109 cm³/mol. The summed E-state index contributed by atoms with van der Waals surface area (Å²) in [5, 5.41) is 2.95. The zero-order valence-electron chi connectivity index (χ0n) is 15.9. The fourth-order valence-corrected chi connectivity index (χ4v) is 3.16. The average Bonchev–Trinajstić information content (AvgIpc) is 2.68. The Labute approximate surface area is 162 Å². The van der Waals surface area contributed by atoms with Gasteiger partial charge in [0.2, 0.25) is 5.91 Å². The quantitative estimate of drug-likeness (QED) is 0.616. The molecule has 3 N–H and O–H groups in total. The van der Waals surface area contributed by atoms with Crippen molar-refractivity contribution in [3.8, 4) is 11.1 Å². The molecule has 1 heterocycles. The van der Waals surface area contributed by atoms with Crippen LogP contribution in [0.3, 0.4) is 0 Å². The van der Waals surface area contributed by atoms with Gasteiger partial charge >= 0.3 is 5.69 Å². The number of aromatic amines is 2. The van der Waals surface area contributed by atoms with E-state index in [0.29, 0.717) is 11.3 Å². The summed E-state index contributed by atoms with van der Waals surface area (Å²) in [7, 11) is 0. The number of amides is 1. The summed E-state index contributed by atoms with van der Waals surface area (Å²) in [5.41, 5.74) is 3.21. The number of hydrogen-bond donors (Lipinski definition) is 3. The fraction of sp³-hybridized carbons (Fsp3) is 0.227. The van der Waals surface area contributed by atoms with Gasteiger partial charge in [0.15, 0.2) is 0 Å². The van der Waals surface area contributed by atoms with Gasteiger partial charge in [-0.25, -0.2) is 4.79 Å². The Morgan fingerprint density at radius 1 is 0.964 bits per heavy atom. The predicted octanol–water partition coefficient (Wildman–Crippen LogP) is 2.85. The molecule has 1 amide bonds. The molecule has 2 aromatic carbocycles. The van der Waals surface area contributed by atoms with E-state index in [4.69, 9.17) is 0 Å². The van der Waals surface area contributed by atoms with E-state index in [1.165, 1.54) is 0 Å². The highest BCUT2D eigenvalue weighted by Crippen LogP contribution is 2.21. The van der Waals surface area contributed by atoms with Crippen molar-refractivity contribution in [3.63, 3.8) is 0 Å². The lowest BCUT2D eigenvalue weighted by molar-refractivity contribution is -0.121. The number of benzene rings is 2. The van der Waals surface area contributed by atoms with Crippen LogP contribution in [-0.2, 0) is 11.2 Å². The third-order valence-electron chi connectivity index (χ3n) is 4.75. The summed E-state index contributed by atoms with van der Waals surface area (Å²) < 4.78 is 0. The average molecular weight is 377 g/mol. The van der Waals surface area contributed by atoms with Gasteiger partial charge < -0.3 is 10.3 Å². The Morgan fingerprint density at radius 2 is 1.61 bits per heavy atom. The first-order valence-electron chi connectivity index (χ1n) is 9.21. The summed E-state index contributed by atoms with van der Waals surface area (Å²) in [6.45, 7) is 3.58. The minimum absolute atomic E-state index is 0.146. The van der Waals surface area contributed by atoms with Gasteiger partial charge in [0.1, 0.15) is 0 Å². The Morgan fingerprint density at radius 3 is 2.25 bits per heavy atom. The van der Waals surface area contributed by atoms with Crippen molar-refractivity contribution in [1.29, 1.82) is 0 Å². The van der Waals surface area contributed by atoms with Gasteiger partial charge in [0, 0.05) is 17.7 Å². The first kappa shape index (κ1) is 19.4. The lowest BCUT2D eigenvalue weighted by Crippen LogP contribution is -2.30. The second kappa shape index (κ2) is 8.52. The standard InChI is InChI=1S/C22H23N3O3/c1-14(16-8-10-18(11-9-16)17-6-4-3-5-7-17)23-20(26)13-12-19-15(2)24-22(28)25-21(19)27/h3-11,14H,12-13H2,1-2H3,(H,23,26)(H2,24,25,27,28)/t14-/m1/s1. The number of H-pyrrole nitrogens is 2. The van der Waals surface area contributed by atoms with Gasteiger partial charge in [-0.3, -0.25) is 14.6 Å². The number of rotatable bonds is 6. The van der Waals surface area contributed by atoms with E-state index in [-0.39, 0.29) is 24.8 Å². The van der Waals surface area contributed by atoms with Gasteiger partial charge in [0.25, 0.3) is 5.56 Å². The number of aromatic nitrogens is 2. The van der Waals surface area contributed by atoms with Crippen LogP contribution in [0, 0.1) is 6.92 Å². The van der Waals surface area contributed by atoms with E-state index in [1.54, 1.807) is 6.92 Å². The summed E-state index contributed by atoms with van der Waals surface area (Å²) in [4.78, 5) is 40.1. The van der Waals surface area contributed by atoms with E-state index in [1.807, 2.05) is 49.4 Å². The maximum Gasteiger partial charge on any atom is 0.325 e. The fourth-order valence-electron chi connectivity index (χ4n) is 3.16. The molecule has 144 valence electrons. The molecular weight excluding hydrogens is 354 g/mol. The second-order valence-electron chi connectivity index (χ2n) is 6.79. The second-order valence-corrected chi connectivity index (χ2v) is 6.79. The molecule has 6 heteroatoms. The van der Waals surface area contributed by atoms with Gasteiger partial charge in [-0.1, -0.05) is 54.6 Å². The molecule has 28 heavy (non-hydrogen) atoms. The van der Waals surface area contributed by atoms with Gasteiger partial charge in [-0.05, 0) is 37.0 Å². The van der Waals surface area contributed by atoms with Crippen molar-refractivity contribution in [2.45, 2.75) is 32.7 Å². The van der Waals surface area contributed by atoms with Crippen LogP contribution in [0.1, 0.15) is 36.2 Å². The van der Waals surface area contributed by atoms with Gasteiger partial charge in [-0.15, -0.1) is 0 Å². The molecule has 3 rings (SSSR count).